The predicted octanol–water partition coefficient (Wildman–Crippen LogP) is 6.70. The Hall–Kier alpha value is -3.70. The maximum absolute atomic E-state index is 13.6. The van der Waals surface area contributed by atoms with Gasteiger partial charge in [-0.3, -0.25) is 4.98 Å². The summed E-state index contributed by atoms with van der Waals surface area (Å²) in [4.78, 5) is 20.1. The number of aromatic nitrogens is 1. The zero-order valence-electron chi connectivity index (χ0n) is 21.6. The molecule has 192 valence electrons. The number of fused-ring (bicyclic) bond motifs is 6. The summed E-state index contributed by atoms with van der Waals surface area (Å²) in [5.41, 5.74) is 6.80. The summed E-state index contributed by atoms with van der Waals surface area (Å²) in [5.74, 6) is 0.0423. The molecule has 0 radical (unpaired) electrons. The Kier molecular flexibility index (Phi) is 5.52. The Morgan fingerprint density at radius 1 is 0.947 bits per heavy atom. The van der Waals surface area contributed by atoms with Crippen LogP contribution in [-0.4, -0.2) is 39.8 Å². The zero-order chi connectivity index (χ0) is 25.9. The van der Waals surface area contributed by atoms with Crippen molar-refractivity contribution in [3.8, 4) is 11.1 Å². The molecular weight excluding hydrogens is 472 g/mol. The van der Waals surface area contributed by atoms with E-state index in [4.69, 9.17) is 4.74 Å². The summed E-state index contributed by atoms with van der Waals surface area (Å²) in [5, 5.41) is 13.1. The van der Waals surface area contributed by atoms with E-state index in [-0.39, 0.29) is 24.1 Å². The lowest BCUT2D eigenvalue weighted by atomic mass is 9.71. The molecule has 2 aliphatic heterocycles. The molecule has 2 saturated heterocycles. The lowest BCUT2D eigenvalue weighted by Crippen LogP contribution is -2.59. The van der Waals surface area contributed by atoms with Crippen LogP contribution in [-0.2, 0) is 10.3 Å². The van der Waals surface area contributed by atoms with Crippen LogP contribution < -0.4 is 0 Å². The lowest BCUT2D eigenvalue weighted by molar-refractivity contribution is -0.0893. The van der Waals surface area contributed by atoms with Gasteiger partial charge in [-0.05, 0) is 65.6 Å². The summed E-state index contributed by atoms with van der Waals surface area (Å²) >= 11 is 0. The van der Waals surface area contributed by atoms with E-state index >= 15 is 0 Å². The van der Waals surface area contributed by atoms with E-state index < -0.39 is 5.60 Å². The molecule has 2 atom stereocenters. The van der Waals surface area contributed by atoms with E-state index in [2.05, 4.69) is 78.6 Å². The number of pyridine rings is 1. The third-order valence-corrected chi connectivity index (χ3v) is 9.08. The van der Waals surface area contributed by atoms with Gasteiger partial charge in [0.25, 0.3) is 0 Å². The van der Waals surface area contributed by atoms with Crippen LogP contribution in [0.5, 0.6) is 0 Å². The molecule has 4 aromatic rings. The van der Waals surface area contributed by atoms with Crippen LogP contribution in [0.25, 0.3) is 22.0 Å². The van der Waals surface area contributed by atoms with Gasteiger partial charge in [-0.1, -0.05) is 66.7 Å². The van der Waals surface area contributed by atoms with Crippen molar-refractivity contribution in [3.63, 3.8) is 0 Å². The van der Waals surface area contributed by atoms with Crippen LogP contribution in [0.2, 0.25) is 0 Å². The number of benzene rings is 3. The lowest BCUT2D eigenvalue weighted by Gasteiger charge is -2.51. The molecule has 3 aliphatic rings. The van der Waals surface area contributed by atoms with Crippen LogP contribution in [0.4, 0.5) is 4.79 Å². The van der Waals surface area contributed by atoms with Crippen molar-refractivity contribution in [2.45, 2.75) is 62.6 Å². The fourth-order valence-electron chi connectivity index (χ4n) is 7.41. The van der Waals surface area contributed by atoms with E-state index in [1.54, 1.807) is 6.20 Å². The van der Waals surface area contributed by atoms with Gasteiger partial charge in [-0.25, -0.2) is 4.79 Å². The highest BCUT2D eigenvalue weighted by atomic mass is 16.6. The molecule has 1 N–H and O–H groups in total. The number of ether oxygens (including phenoxy) is 1. The monoisotopic (exact) mass is 504 g/mol. The van der Waals surface area contributed by atoms with Gasteiger partial charge >= 0.3 is 6.09 Å². The summed E-state index contributed by atoms with van der Waals surface area (Å²) in [6.07, 6.45) is 5.43. The molecule has 2 bridgehead atoms. The van der Waals surface area contributed by atoms with Crippen molar-refractivity contribution in [2.75, 3.05) is 6.61 Å². The third kappa shape index (κ3) is 3.64. The number of aliphatic hydroxyl groups is 1. The van der Waals surface area contributed by atoms with E-state index in [0.29, 0.717) is 19.4 Å². The SMILES string of the molecule is Cc1c(C2(O)CC3CCCC(C2)N3C(=O)OCC2c3ccccc3-c3ccccc32)ccc2cccnc12. The topological polar surface area (TPSA) is 62.7 Å². The Labute approximate surface area is 223 Å². The smallest absolute Gasteiger partial charge is 0.410 e. The van der Waals surface area contributed by atoms with Gasteiger partial charge in [0.2, 0.25) is 0 Å². The third-order valence-electron chi connectivity index (χ3n) is 9.08. The van der Waals surface area contributed by atoms with Gasteiger partial charge in [0.05, 0.1) is 11.1 Å². The standard InChI is InChI=1S/C33H32N2O3/c1-21-30(16-15-22-8-7-17-34-31(21)22)33(37)18-23-9-6-10-24(19-33)35(23)32(36)38-20-29-27-13-4-2-11-25(27)26-12-3-5-14-28(26)29/h2-5,7-8,11-17,23-24,29,37H,6,9-10,18-20H2,1H3. The van der Waals surface area contributed by atoms with Gasteiger partial charge in [-0.15, -0.1) is 0 Å². The number of hydrogen-bond acceptors (Lipinski definition) is 4. The van der Waals surface area contributed by atoms with Gasteiger partial charge in [0.1, 0.15) is 6.61 Å². The van der Waals surface area contributed by atoms with Crippen molar-refractivity contribution in [3.05, 3.63) is 101 Å². The highest BCUT2D eigenvalue weighted by Crippen LogP contribution is 2.47. The minimum absolute atomic E-state index is 0.0398. The summed E-state index contributed by atoms with van der Waals surface area (Å²) < 4.78 is 6.07. The molecule has 5 heteroatoms. The maximum atomic E-state index is 13.6. The average Bonchev–Trinajstić information content (AvgIpc) is 3.25. The molecule has 2 fully saturated rings. The van der Waals surface area contributed by atoms with Crippen LogP contribution in [0, 0.1) is 6.92 Å². The van der Waals surface area contributed by atoms with Crippen molar-refractivity contribution in [1.29, 1.82) is 0 Å². The first kappa shape index (κ1) is 23.4. The molecule has 1 aliphatic carbocycles. The van der Waals surface area contributed by atoms with E-state index in [1.807, 2.05) is 11.0 Å². The second-order valence-corrected chi connectivity index (χ2v) is 11.2. The Morgan fingerprint density at radius 3 is 2.29 bits per heavy atom. The number of nitrogens with zero attached hydrogens (tertiary/aromatic N) is 2. The largest absolute Gasteiger partial charge is 0.448 e. The van der Waals surface area contributed by atoms with Crippen LogP contribution >= 0.6 is 0 Å². The normalized spacial score (nSPS) is 24.2. The number of hydrogen-bond donors (Lipinski definition) is 1. The highest BCUT2D eigenvalue weighted by Gasteiger charge is 2.49. The first-order valence-corrected chi connectivity index (χ1v) is 13.7. The molecule has 5 nitrogen and oxygen atoms in total. The second-order valence-electron chi connectivity index (χ2n) is 11.2. The van der Waals surface area contributed by atoms with Gasteiger partial charge in [-0.2, -0.15) is 0 Å². The first-order chi connectivity index (χ1) is 18.5. The Morgan fingerprint density at radius 2 is 1.61 bits per heavy atom. The van der Waals surface area contributed by atoms with Crippen molar-refractivity contribution in [1.82, 2.24) is 9.88 Å². The van der Waals surface area contributed by atoms with E-state index in [1.165, 1.54) is 22.3 Å². The molecule has 3 aromatic carbocycles. The summed E-state index contributed by atoms with van der Waals surface area (Å²) in [7, 11) is 0. The van der Waals surface area contributed by atoms with Gasteiger partial charge in [0.15, 0.2) is 0 Å². The molecule has 1 aromatic heterocycles. The van der Waals surface area contributed by atoms with Crippen LogP contribution in [0.3, 0.4) is 0 Å². The van der Waals surface area contributed by atoms with E-state index in [0.717, 1.165) is 41.3 Å². The van der Waals surface area contributed by atoms with E-state index in [9.17, 15) is 9.90 Å². The molecule has 0 saturated carbocycles. The fourth-order valence-corrected chi connectivity index (χ4v) is 7.41. The molecule has 1 amide bonds. The average molecular weight is 505 g/mol. The summed E-state index contributed by atoms with van der Waals surface area (Å²) in [6, 6.07) is 24.8. The molecule has 3 heterocycles. The molecule has 0 spiro atoms. The molecule has 7 rings (SSSR count). The zero-order valence-corrected chi connectivity index (χ0v) is 21.6. The number of carbonyl (C=O) groups excluding carboxylic acids is 1. The molecule has 38 heavy (non-hydrogen) atoms. The van der Waals surface area contributed by atoms with Crippen molar-refractivity contribution < 1.29 is 14.6 Å². The minimum atomic E-state index is -0.980. The first-order valence-electron chi connectivity index (χ1n) is 13.7. The Balaban J connectivity index is 1.12. The number of rotatable bonds is 3. The second kappa shape index (κ2) is 8.95. The minimum Gasteiger partial charge on any atom is -0.448 e. The van der Waals surface area contributed by atoms with Crippen molar-refractivity contribution >= 4 is 17.0 Å². The summed E-state index contributed by atoms with van der Waals surface area (Å²) in [6.45, 7) is 2.37. The maximum Gasteiger partial charge on any atom is 0.410 e. The number of aryl methyl sites for hydroxylation is 1. The van der Waals surface area contributed by atoms with Gasteiger partial charge < -0.3 is 14.7 Å². The molecule has 2 unspecified atom stereocenters. The van der Waals surface area contributed by atoms with Gasteiger partial charge in [0, 0.05) is 42.4 Å². The molecular formula is C33H32N2O3. The highest BCUT2D eigenvalue weighted by molar-refractivity contribution is 5.83. The Bertz CT molecular complexity index is 1490. The van der Waals surface area contributed by atoms with Crippen LogP contribution in [0.15, 0.2) is 79.0 Å². The number of carbonyl (C=O) groups is 1. The quantitative estimate of drug-likeness (QED) is 0.337. The predicted molar refractivity (Wildman–Crippen MR) is 148 cm³/mol. The number of piperidine rings is 2. The van der Waals surface area contributed by atoms with Crippen LogP contribution in [0.1, 0.15) is 60.3 Å². The number of amides is 1. The fraction of sp³-hybridized carbons (Fsp3) is 0.333. The van der Waals surface area contributed by atoms with Crippen molar-refractivity contribution in [2.24, 2.45) is 0 Å².